The summed E-state index contributed by atoms with van der Waals surface area (Å²) in [7, 11) is 3.86. The van der Waals surface area contributed by atoms with E-state index in [9.17, 15) is 9.59 Å². The van der Waals surface area contributed by atoms with E-state index in [2.05, 4.69) is 12.2 Å². The first-order valence-electron chi connectivity index (χ1n) is 10.4. The van der Waals surface area contributed by atoms with Crippen LogP contribution >= 0.6 is 0 Å². The Hall–Kier alpha value is -2.12. The van der Waals surface area contributed by atoms with Crippen molar-refractivity contribution in [2.75, 3.05) is 25.5 Å². The topological polar surface area (TPSA) is 71.1 Å². The molecular weight excluding hydrogens is 370 g/mol. The Morgan fingerprint density at radius 3 is 2.69 bits per heavy atom. The van der Waals surface area contributed by atoms with Gasteiger partial charge in [-0.1, -0.05) is 19.4 Å². The third kappa shape index (κ3) is 4.56. The van der Waals surface area contributed by atoms with Gasteiger partial charge in [0, 0.05) is 31.4 Å². The van der Waals surface area contributed by atoms with E-state index in [1.807, 2.05) is 58.0 Å². The van der Waals surface area contributed by atoms with E-state index in [1.54, 1.807) is 11.0 Å². The molecule has 0 aliphatic carbocycles. The van der Waals surface area contributed by atoms with Gasteiger partial charge in [-0.2, -0.15) is 0 Å². The summed E-state index contributed by atoms with van der Waals surface area (Å²) in [4.78, 5) is 30.1. The van der Waals surface area contributed by atoms with Gasteiger partial charge in [0.2, 0.25) is 5.91 Å². The fraction of sp³-hybridized carbons (Fsp3) is 0.636. The molecule has 29 heavy (non-hydrogen) atoms. The van der Waals surface area contributed by atoms with Crippen molar-refractivity contribution in [2.24, 2.45) is 0 Å². The zero-order chi connectivity index (χ0) is 21.3. The summed E-state index contributed by atoms with van der Waals surface area (Å²) >= 11 is 0. The number of carbonyl (C=O) groups is 2. The molecule has 0 bridgehead atoms. The summed E-state index contributed by atoms with van der Waals surface area (Å²) in [6, 6.07) is 6.75. The van der Waals surface area contributed by atoms with Gasteiger partial charge in [0.15, 0.2) is 5.79 Å². The third-order valence-corrected chi connectivity index (χ3v) is 5.49. The van der Waals surface area contributed by atoms with Crippen molar-refractivity contribution < 1.29 is 19.1 Å². The molecule has 0 spiro atoms. The summed E-state index contributed by atoms with van der Waals surface area (Å²) in [6.07, 6.45) is 1.07. The molecule has 0 radical (unpaired) electrons. The molecule has 1 N–H and O–H groups in total. The molecule has 0 aromatic heterocycles. The van der Waals surface area contributed by atoms with Crippen molar-refractivity contribution in [3.8, 4) is 0 Å². The predicted octanol–water partition coefficient (Wildman–Crippen LogP) is 2.40. The van der Waals surface area contributed by atoms with Crippen LogP contribution in [0.15, 0.2) is 24.3 Å². The predicted molar refractivity (Wildman–Crippen MR) is 112 cm³/mol. The van der Waals surface area contributed by atoms with Crippen LogP contribution in [0.1, 0.15) is 50.9 Å². The lowest BCUT2D eigenvalue weighted by Gasteiger charge is -2.30. The van der Waals surface area contributed by atoms with Gasteiger partial charge in [-0.15, -0.1) is 0 Å². The number of carbonyl (C=O) groups excluding carboxylic acids is 2. The van der Waals surface area contributed by atoms with E-state index in [0.717, 1.165) is 18.5 Å². The van der Waals surface area contributed by atoms with Crippen LogP contribution in [0.3, 0.4) is 0 Å². The Balaban J connectivity index is 1.87. The maximum Gasteiger partial charge on any atom is 0.254 e. The molecule has 7 nitrogen and oxygen atoms in total. The van der Waals surface area contributed by atoms with Gasteiger partial charge in [-0.3, -0.25) is 9.59 Å². The second-order valence-electron chi connectivity index (χ2n) is 8.68. The number of benzene rings is 1. The fourth-order valence-electron chi connectivity index (χ4n) is 4.17. The molecule has 160 valence electrons. The molecule has 2 aliphatic heterocycles. The number of hydrogen-bond donors (Lipinski definition) is 1. The highest BCUT2D eigenvalue weighted by molar-refractivity contribution is 5.99. The molecular formula is C22H33N3O4. The van der Waals surface area contributed by atoms with Crippen molar-refractivity contribution in [1.82, 2.24) is 10.2 Å². The van der Waals surface area contributed by atoms with Crippen LogP contribution in [0.25, 0.3) is 0 Å². The molecule has 1 unspecified atom stereocenters. The Morgan fingerprint density at radius 1 is 1.31 bits per heavy atom. The zero-order valence-electron chi connectivity index (χ0n) is 18.3. The number of anilines is 1. The second kappa shape index (κ2) is 8.32. The molecule has 3 rings (SSSR count). The summed E-state index contributed by atoms with van der Waals surface area (Å²) < 4.78 is 12.0. The lowest BCUT2D eigenvalue weighted by Crippen LogP contribution is -2.53. The Kier molecular flexibility index (Phi) is 6.19. The molecule has 2 saturated heterocycles. The lowest BCUT2D eigenvalue weighted by atomic mass is 10.1. The number of nitrogens with zero attached hydrogens (tertiary/aromatic N) is 2. The van der Waals surface area contributed by atoms with Crippen molar-refractivity contribution in [2.45, 2.75) is 70.6 Å². The first-order valence-corrected chi connectivity index (χ1v) is 10.4. The van der Waals surface area contributed by atoms with Gasteiger partial charge >= 0.3 is 0 Å². The van der Waals surface area contributed by atoms with Gasteiger partial charge in [0.05, 0.1) is 6.54 Å². The molecule has 2 aliphatic rings. The first-order chi connectivity index (χ1) is 13.6. The van der Waals surface area contributed by atoms with Crippen molar-refractivity contribution in [3.05, 3.63) is 29.8 Å². The van der Waals surface area contributed by atoms with E-state index in [1.165, 1.54) is 0 Å². The second-order valence-corrected chi connectivity index (χ2v) is 8.68. The van der Waals surface area contributed by atoms with Gasteiger partial charge in [-0.05, 0) is 45.4 Å². The highest BCUT2D eigenvalue weighted by atomic mass is 16.8. The summed E-state index contributed by atoms with van der Waals surface area (Å²) in [5.41, 5.74) is 1.48. The van der Waals surface area contributed by atoms with Crippen LogP contribution in [0, 0.1) is 0 Å². The fourth-order valence-corrected chi connectivity index (χ4v) is 4.17. The van der Waals surface area contributed by atoms with Crippen molar-refractivity contribution in [3.63, 3.8) is 0 Å². The Bertz CT molecular complexity index is 764. The molecule has 2 fully saturated rings. The first kappa shape index (κ1) is 21.6. The maximum absolute atomic E-state index is 13.4. The zero-order valence-corrected chi connectivity index (χ0v) is 18.3. The molecule has 0 saturated carbocycles. The third-order valence-electron chi connectivity index (χ3n) is 5.49. The van der Waals surface area contributed by atoms with Crippen LogP contribution < -0.4 is 10.2 Å². The lowest BCUT2D eigenvalue weighted by molar-refractivity contribution is -0.162. The Labute approximate surface area is 173 Å². The van der Waals surface area contributed by atoms with Crippen LogP contribution in [0.5, 0.6) is 0 Å². The van der Waals surface area contributed by atoms with Crippen LogP contribution in [-0.4, -0.2) is 67.4 Å². The van der Waals surface area contributed by atoms with Crippen molar-refractivity contribution >= 4 is 17.5 Å². The number of amides is 2. The average Bonchev–Trinajstić information content (AvgIpc) is 3.12. The van der Waals surface area contributed by atoms with Gasteiger partial charge in [0.1, 0.15) is 18.2 Å². The number of likely N-dealkylation sites (tertiary alicyclic amines) is 1. The SMILES string of the molecule is CCCC(C)NC(=O)[C@@H]1[C@H]2OC(C)(C)O[C@H]2CN1C(=O)c1cccc(N(C)C)c1. The van der Waals surface area contributed by atoms with E-state index >= 15 is 0 Å². The maximum atomic E-state index is 13.4. The van der Waals surface area contributed by atoms with E-state index in [4.69, 9.17) is 9.47 Å². The number of rotatable bonds is 6. The molecule has 2 amide bonds. The molecule has 7 heteroatoms. The largest absolute Gasteiger partial charge is 0.378 e. The normalized spacial score (nSPS) is 26.1. The van der Waals surface area contributed by atoms with Crippen LogP contribution in [0.4, 0.5) is 5.69 Å². The minimum Gasteiger partial charge on any atom is -0.378 e. The molecule has 2 heterocycles. The average molecular weight is 404 g/mol. The molecule has 4 atom stereocenters. The van der Waals surface area contributed by atoms with E-state index in [0.29, 0.717) is 12.1 Å². The highest BCUT2D eigenvalue weighted by Crippen LogP contribution is 2.37. The summed E-state index contributed by atoms with van der Waals surface area (Å²) in [5, 5.41) is 3.05. The monoisotopic (exact) mass is 403 g/mol. The van der Waals surface area contributed by atoms with Gasteiger partial charge < -0.3 is 24.6 Å². The minimum atomic E-state index is -0.761. The minimum absolute atomic E-state index is 0.0379. The van der Waals surface area contributed by atoms with Gasteiger partial charge in [0.25, 0.3) is 5.91 Å². The Morgan fingerprint density at radius 2 is 2.03 bits per heavy atom. The summed E-state index contributed by atoms with van der Waals surface area (Å²) in [6.45, 7) is 8.08. The number of hydrogen-bond acceptors (Lipinski definition) is 5. The van der Waals surface area contributed by atoms with Crippen LogP contribution in [-0.2, 0) is 14.3 Å². The number of fused-ring (bicyclic) bond motifs is 1. The number of ether oxygens (including phenoxy) is 2. The number of nitrogens with one attached hydrogen (secondary N) is 1. The standard InChI is InChI=1S/C22H33N3O4/c1-7-9-14(2)23-20(26)18-19-17(28-22(3,4)29-19)13-25(18)21(27)15-10-8-11-16(12-15)24(5)6/h8,10-12,14,17-19H,7,9,13H2,1-6H3,(H,23,26)/t14?,17-,18-,19-/m0/s1. The van der Waals surface area contributed by atoms with Crippen LogP contribution in [0.2, 0.25) is 0 Å². The smallest absolute Gasteiger partial charge is 0.254 e. The highest BCUT2D eigenvalue weighted by Gasteiger charge is 2.56. The quantitative estimate of drug-likeness (QED) is 0.790. The van der Waals surface area contributed by atoms with Crippen molar-refractivity contribution in [1.29, 1.82) is 0 Å². The van der Waals surface area contributed by atoms with E-state index < -0.39 is 17.9 Å². The van der Waals surface area contributed by atoms with Gasteiger partial charge in [-0.25, -0.2) is 0 Å². The summed E-state index contributed by atoms with van der Waals surface area (Å²) in [5.74, 6) is -1.13. The van der Waals surface area contributed by atoms with E-state index in [-0.39, 0.29) is 24.0 Å². The molecule has 1 aromatic rings. The molecule has 1 aromatic carbocycles.